The van der Waals surface area contributed by atoms with E-state index < -0.39 is 17.2 Å². The maximum absolute atomic E-state index is 12.1. The van der Waals surface area contributed by atoms with Crippen LogP contribution in [0.5, 0.6) is 0 Å². The Morgan fingerprint density at radius 2 is 1.96 bits per heavy atom. The van der Waals surface area contributed by atoms with E-state index in [0.717, 1.165) is 11.8 Å². The summed E-state index contributed by atoms with van der Waals surface area (Å²) in [5.41, 5.74) is 5.63. The van der Waals surface area contributed by atoms with Crippen molar-refractivity contribution in [2.75, 3.05) is 5.84 Å². The average Bonchev–Trinajstić information content (AvgIpc) is 2.85. The van der Waals surface area contributed by atoms with Gasteiger partial charge < -0.3 is 11.6 Å². The maximum atomic E-state index is 12.1. The highest BCUT2D eigenvalue weighted by Crippen LogP contribution is 2.31. The molecule has 0 aliphatic rings. The number of hydrogen-bond acceptors (Lipinski definition) is 6. The topological polar surface area (TPSA) is 129 Å². The van der Waals surface area contributed by atoms with Crippen molar-refractivity contribution in [3.63, 3.8) is 0 Å². The highest BCUT2D eigenvalue weighted by Gasteiger charge is 2.27. The molecule has 1 aromatic heterocycles. The van der Waals surface area contributed by atoms with Crippen LogP contribution in [0.15, 0.2) is 29.4 Å². The maximum Gasteiger partial charge on any atom is 0.318 e. The molecular weight excluding hydrogens is 352 g/mol. The molecule has 10 heteroatoms. The van der Waals surface area contributed by atoms with Crippen LogP contribution in [0.25, 0.3) is 11.4 Å². The van der Waals surface area contributed by atoms with Crippen molar-refractivity contribution < 1.29 is 9.59 Å². The normalized spacial score (nSPS) is 12.2. The van der Waals surface area contributed by atoms with Crippen molar-refractivity contribution in [2.24, 2.45) is 11.7 Å². The molecule has 0 radical (unpaired) electrons. The van der Waals surface area contributed by atoms with Crippen molar-refractivity contribution in [3.8, 4) is 11.4 Å². The van der Waals surface area contributed by atoms with E-state index in [1.54, 1.807) is 24.3 Å². The molecule has 5 N–H and O–H groups in total. The number of amides is 3. The van der Waals surface area contributed by atoms with Gasteiger partial charge >= 0.3 is 6.03 Å². The molecule has 1 atom stereocenters. The zero-order chi connectivity index (χ0) is 17.9. The lowest BCUT2D eigenvalue weighted by Gasteiger charge is -2.17. The summed E-state index contributed by atoms with van der Waals surface area (Å²) >= 11 is 7.24. The lowest BCUT2D eigenvalue weighted by Crippen LogP contribution is -2.42. The molecule has 0 saturated heterocycles. The second-order valence-corrected chi connectivity index (χ2v) is 6.81. The molecule has 1 heterocycles. The number of imide groups is 1. The molecule has 24 heavy (non-hydrogen) atoms. The van der Waals surface area contributed by atoms with Gasteiger partial charge in [0.25, 0.3) is 0 Å². The molecule has 2 aromatic rings. The number of benzene rings is 1. The number of nitrogens with zero attached hydrogens (tertiary/aromatic N) is 3. The fourth-order valence-electron chi connectivity index (χ4n) is 1.98. The zero-order valence-electron chi connectivity index (χ0n) is 13.1. The van der Waals surface area contributed by atoms with Crippen LogP contribution in [0.3, 0.4) is 0 Å². The van der Waals surface area contributed by atoms with Crippen LogP contribution in [0.2, 0.25) is 5.02 Å². The van der Waals surface area contributed by atoms with E-state index >= 15 is 0 Å². The van der Waals surface area contributed by atoms with E-state index in [-0.39, 0.29) is 5.92 Å². The molecule has 2 rings (SSSR count). The number of halogens is 1. The fraction of sp³-hybridized carbons (Fsp3) is 0.286. The molecular formula is C14H17ClN6O2S. The number of carbonyl (C=O) groups is 2. The minimum Gasteiger partial charge on any atom is -0.351 e. The molecule has 0 bridgehead atoms. The molecule has 1 unspecified atom stereocenters. The first kappa shape index (κ1) is 18.1. The van der Waals surface area contributed by atoms with Crippen molar-refractivity contribution >= 4 is 35.3 Å². The van der Waals surface area contributed by atoms with E-state index in [2.05, 4.69) is 15.5 Å². The minimum absolute atomic E-state index is 0.0881. The Balaban J connectivity index is 2.28. The van der Waals surface area contributed by atoms with Gasteiger partial charge in [0.1, 0.15) is 0 Å². The summed E-state index contributed by atoms with van der Waals surface area (Å²) in [6.45, 7) is 3.68. The van der Waals surface area contributed by atoms with Gasteiger partial charge in [0.05, 0.1) is 10.3 Å². The molecule has 128 valence electrons. The number of hydrogen-bond donors (Lipinski definition) is 3. The molecule has 3 amide bonds. The summed E-state index contributed by atoms with van der Waals surface area (Å²) in [4.78, 5) is 23.0. The summed E-state index contributed by atoms with van der Waals surface area (Å²) in [5, 5.41) is 10.3. The first-order valence-corrected chi connectivity index (χ1v) is 8.29. The number of aromatic nitrogens is 3. The smallest absolute Gasteiger partial charge is 0.318 e. The Kier molecular flexibility index (Phi) is 5.68. The van der Waals surface area contributed by atoms with Gasteiger partial charge in [-0.05, 0) is 18.1 Å². The van der Waals surface area contributed by atoms with E-state index in [1.807, 2.05) is 13.8 Å². The Hall–Kier alpha value is -2.26. The van der Waals surface area contributed by atoms with E-state index in [1.165, 1.54) is 4.68 Å². The third-order valence-corrected chi connectivity index (χ3v) is 4.95. The second-order valence-electron chi connectivity index (χ2n) is 5.29. The molecule has 0 fully saturated rings. The first-order valence-electron chi connectivity index (χ1n) is 7.03. The molecule has 0 aliphatic heterocycles. The lowest BCUT2D eigenvalue weighted by atomic mass is 10.1. The SMILES string of the molecule is CC(C)C(Sc1nnc(-c2ccccc2Cl)n1N)C(=O)NC(N)=O. The number of nitrogens with one attached hydrogen (secondary N) is 1. The van der Waals surface area contributed by atoms with Gasteiger partial charge in [-0.15, -0.1) is 10.2 Å². The molecule has 1 aromatic carbocycles. The van der Waals surface area contributed by atoms with Crippen molar-refractivity contribution in [3.05, 3.63) is 29.3 Å². The van der Waals surface area contributed by atoms with Gasteiger partial charge in [-0.2, -0.15) is 0 Å². The number of rotatable bonds is 5. The average molecular weight is 369 g/mol. The van der Waals surface area contributed by atoms with Crippen LogP contribution < -0.4 is 16.9 Å². The quantitative estimate of drug-likeness (QED) is 0.543. The number of nitrogens with two attached hydrogens (primary N) is 2. The van der Waals surface area contributed by atoms with E-state index in [9.17, 15) is 9.59 Å². The van der Waals surface area contributed by atoms with Crippen LogP contribution in [-0.4, -0.2) is 32.1 Å². The predicted molar refractivity (Wildman–Crippen MR) is 92.8 cm³/mol. The van der Waals surface area contributed by atoms with E-state index in [0.29, 0.717) is 21.6 Å². The van der Waals surface area contributed by atoms with Gasteiger partial charge in [0.15, 0.2) is 5.82 Å². The zero-order valence-corrected chi connectivity index (χ0v) is 14.6. The minimum atomic E-state index is -0.905. The van der Waals surface area contributed by atoms with Gasteiger partial charge in [0, 0.05) is 5.56 Å². The standard InChI is InChI=1S/C14H17ClN6O2S/c1-7(2)10(12(22)18-13(16)23)24-14-20-19-11(21(14)17)8-5-3-4-6-9(8)15/h3-7,10H,17H2,1-2H3,(H3,16,18,22,23). The van der Waals surface area contributed by atoms with Gasteiger partial charge in [-0.3, -0.25) is 10.1 Å². The molecule has 8 nitrogen and oxygen atoms in total. The molecule has 0 saturated carbocycles. The van der Waals surface area contributed by atoms with Gasteiger partial charge in [-0.1, -0.05) is 49.3 Å². The summed E-state index contributed by atoms with van der Waals surface area (Å²) in [7, 11) is 0. The number of carbonyl (C=O) groups excluding carboxylic acids is 2. The number of urea groups is 1. The highest BCUT2D eigenvalue weighted by atomic mass is 35.5. The summed E-state index contributed by atoms with van der Waals surface area (Å²) < 4.78 is 1.26. The van der Waals surface area contributed by atoms with Crippen LogP contribution in [0, 0.1) is 5.92 Å². The third-order valence-electron chi connectivity index (χ3n) is 3.12. The van der Waals surface area contributed by atoms with Crippen molar-refractivity contribution in [2.45, 2.75) is 24.3 Å². The Bertz CT molecular complexity index is 763. The Labute approximate surface area is 147 Å². The number of thioether (sulfide) groups is 1. The summed E-state index contributed by atoms with van der Waals surface area (Å²) in [6, 6.07) is 6.18. The molecule has 0 aliphatic carbocycles. The predicted octanol–water partition coefficient (Wildman–Crippen LogP) is 1.62. The third kappa shape index (κ3) is 3.98. The number of nitrogen functional groups attached to an aromatic ring is 1. The van der Waals surface area contributed by atoms with Crippen molar-refractivity contribution in [1.82, 2.24) is 20.2 Å². The Morgan fingerprint density at radius 3 is 2.54 bits per heavy atom. The van der Waals surface area contributed by atoms with Crippen LogP contribution in [0.4, 0.5) is 4.79 Å². The fourth-order valence-corrected chi connectivity index (χ4v) is 3.16. The highest BCUT2D eigenvalue weighted by molar-refractivity contribution is 8.00. The van der Waals surface area contributed by atoms with Gasteiger partial charge in [0.2, 0.25) is 11.1 Å². The van der Waals surface area contributed by atoms with Crippen LogP contribution >= 0.6 is 23.4 Å². The first-order chi connectivity index (χ1) is 11.3. The largest absolute Gasteiger partial charge is 0.351 e. The van der Waals surface area contributed by atoms with Crippen molar-refractivity contribution in [1.29, 1.82) is 0 Å². The van der Waals surface area contributed by atoms with E-state index in [4.69, 9.17) is 23.2 Å². The van der Waals surface area contributed by atoms with Gasteiger partial charge in [-0.25, -0.2) is 9.47 Å². The van der Waals surface area contributed by atoms with Crippen LogP contribution in [0.1, 0.15) is 13.8 Å². The summed E-state index contributed by atoms with van der Waals surface area (Å²) in [5.74, 6) is 5.82. The monoisotopic (exact) mass is 368 g/mol. The Morgan fingerprint density at radius 1 is 1.29 bits per heavy atom. The molecule has 0 spiro atoms. The second kappa shape index (κ2) is 7.54. The van der Waals surface area contributed by atoms with Crippen LogP contribution in [-0.2, 0) is 4.79 Å². The summed E-state index contributed by atoms with van der Waals surface area (Å²) in [6.07, 6.45) is 0. The number of primary amides is 1. The lowest BCUT2D eigenvalue weighted by molar-refractivity contribution is -0.120.